The van der Waals surface area contributed by atoms with Crippen LogP contribution in [0.25, 0.3) is 0 Å². The molecular formula is C15H17NO8. The summed E-state index contributed by atoms with van der Waals surface area (Å²) in [5, 5.41) is 11.3. The Morgan fingerprint density at radius 3 is 2.08 bits per heavy atom. The number of methoxy groups -OCH3 is 1. The first kappa shape index (κ1) is 19.1. The van der Waals surface area contributed by atoms with Gasteiger partial charge in [-0.2, -0.15) is 0 Å². The lowest BCUT2D eigenvalue weighted by Crippen LogP contribution is -2.27. The van der Waals surface area contributed by atoms with Crippen molar-refractivity contribution in [1.29, 1.82) is 0 Å². The highest BCUT2D eigenvalue weighted by Gasteiger charge is 2.37. The van der Waals surface area contributed by atoms with Gasteiger partial charge < -0.3 is 14.2 Å². The molecule has 0 spiro atoms. The Morgan fingerprint density at radius 1 is 1.12 bits per heavy atom. The van der Waals surface area contributed by atoms with Gasteiger partial charge in [0.15, 0.2) is 5.92 Å². The van der Waals surface area contributed by atoms with Gasteiger partial charge in [0, 0.05) is 6.07 Å². The Kier molecular flexibility index (Phi) is 6.84. The molecule has 0 saturated carbocycles. The number of esters is 3. The second kappa shape index (κ2) is 8.61. The van der Waals surface area contributed by atoms with Gasteiger partial charge in [0.1, 0.15) is 0 Å². The fourth-order valence-corrected chi connectivity index (χ4v) is 1.99. The molecule has 0 amide bonds. The van der Waals surface area contributed by atoms with Gasteiger partial charge in [-0.25, -0.2) is 4.79 Å². The lowest BCUT2D eigenvalue weighted by atomic mass is 9.96. The molecule has 9 nitrogen and oxygen atoms in total. The third-order valence-corrected chi connectivity index (χ3v) is 3.00. The number of carbonyl (C=O) groups is 3. The van der Waals surface area contributed by atoms with E-state index in [0.717, 1.165) is 19.2 Å². The van der Waals surface area contributed by atoms with E-state index >= 15 is 0 Å². The molecule has 0 aliphatic carbocycles. The van der Waals surface area contributed by atoms with E-state index in [1.807, 2.05) is 0 Å². The fourth-order valence-electron chi connectivity index (χ4n) is 1.99. The minimum atomic E-state index is -1.61. The zero-order valence-electron chi connectivity index (χ0n) is 13.4. The zero-order valence-corrected chi connectivity index (χ0v) is 13.4. The van der Waals surface area contributed by atoms with E-state index in [1.54, 1.807) is 0 Å². The topological polar surface area (TPSA) is 122 Å². The molecule has 130 valence electrons. The fraction of sp³-hybridized carbons (Fsp3) is 0.400. The maximum Gasteiger partial charge on any atom is 0.338 e. The van der Waals surface area contributed by atoms with Crippen molar-refractivity contribution in [2.75, 3.05) is 20.3 Å². The number of nitro benzene ring substituents is 1. The second-order valence-electron chi connectivity index (χ2n) is 4.46. The summed E-state index contributed by atoms with van der Waals surface area (Å²) in [5.74, 6) is -4.33. The minimum absolute atomic E-state index is 0.0111. The molecule has 0 heterocycles. The van der Waals surface area contributed by atoms with Gasteiger partial charge in [0.2, 0.25) is 0 Å². The van der Waals surface area contributed by atoms with Crippen molar-refractivity contribution in [2.24, 2.45) is 0 Å². The molecule has 0 bridgehead atoms. The summed E-state index contributed by atoms with van der Waals surface area (Å²) in [7, 11) is 1.13. The highest BCUT2D eigenvalue weighted by molar-refractivity contribution is 6.02. The Labute approximate surface area is 137 Å². The van der Waals surface area contributed by atoms with Crippen LogP contribution in [0.1, 0.15) is 35.7 Å². The number of carbonyl (C=O) groups excluding carboxylic acids is 3. The van der Waals surface area contributed by atoms with Gasteiger partial charge in [-0.3, -0.25) is 19.7 Å². The van der Waals surface area contributed by atoms with Gasteiger partial charge in [-0.1, -0.05) is 0 Å². The molecule has 0 radical (unpaired) electrons. The van der Waals surface area contributed by atoms with E-state index < -0.39 is 34.4 Å². The van der Waals surface area contributed by atoms with Crippen LogP contribution in [-0.4, -0.2) is 43.2 Å². The van der Waals surface area contributed by atoms with Crippen LogP contribution in [0.3, 0.4) is 0 Å². The Morgan fingerprint density at radius 2 is 1.67 bits per heavy atom. The molecule has 0 unspecified atom stereocenters. The van der Waals surface area contributed by atoms with Crippen LogP contribution >= 0.6 is 0 Å². The van der Waals surface area contributed by atoms with Gasteiger partial charge in [0.05, 0.1) is 36.4 Å². The number of ether oxygens (including phenoxy) is 3. The normalized spacial score (nSPS) is 10.2. The summed E-state index contributed by atoms with van der Waals surface area (Å²) in [6.07, 6.45) is 0. The third kappa shape index (κ3) is 4.28. The predicted octanol–water partition coefficient (Wildman–Crippen LogP) is 1.59. The average Bonchev–Trinajstić information content (AvgIpc) is 2.54. The molecule has 9 heteroatoms. The summed E-state index contributed by atoms with van der Waals surface area (Å²) in [4.78, 5) is 46.2. The minimum Gasteiger partial charge on any atom is -0.465 e. The molecule has 1 rings (SSSR count). The number of benzene rings is 1. The Bertz CT molecular complexity index is 637. The van der Waals surface area contributed by atoms with Crippen molar-refractivity contribution in [3.05, 3.63) is 39.4 Å². The summed E-state index contributed by atoms with van der Waals surface area (Å²) in [5.41, 5.74) is -0.882. The third-order valence-electron chi connectivity index (χ3n) is 3.00. The molecule has 1 aromatic rings. The lowest BCUT2D eigenvalue weighted by Gasteiger charge is -2.15. The van der Waals surface area contributed by atoms with Crippen molar-refractivity contribution < 1.29 is 33.5 Å². The summed E-state index contributed by atoms with van der Waals surface area (Å²) < 4.78 is 14.1. The maximum atomic E-state index is 12.1. The van der Waals surface area contributed by atoms with Crippen LogP contribution in [0, 0.1) is 10.1 Å². The highest BCUT2D eigenvalue weighted by atomic mass is 16.6. The first-order chi connectivity index (χ1) is 11.4. The van der Waals surface area contributed by atoms with Crippen LogP contribution < -0.4 is 0 Å². The molecule has 0 fully saturated rings. The molecular weight excluding hydrogens is 322 g/mol. The van der Waals surface area contributed by atoms with Crippen LogP contribution in [-0.2, 0) is 23.8 Å². The van der Waals surface area contributed by atoms with E-state index in [-0.39, 0.29) is 24.3 Å². The molecule has 0 atom stereocenters. The van der Waals surface area contributed by atoms with Gasteiger partial charge in [-0.15, -0.1) is 0 Å². The van der Waals surface area contributed by atoms with Crippen LogP contribution in [0.2, 0.25) is 0 Å². The number of nitrogens with zero attached hydrogens (tertiary/aromatic N) is 1. The van der Waals surface area contributed by atoms with Crippen LogP contribution in [0.5, 0.6) is 0 Å². The van der Waals surface area contributed by atoms with Crippen molar-refractivity contribution in [3.8, 4) is 0 Å². The zero-order chi connectivity index (χ0) is 18.3. The second-order valence-corrected chi connectivity index (χ2v) is 4.46. The summed E-state index contributed by atoms with van der Waals surface area (Å²) in [6.45, 7) is 3.05. The molecule has 0 aromatic heterocycles. The van der Waals surface area contributed by atoms with Crippen LogP contribution in [0.4, 0.5) is 5.69 Å². The first-order valence-corrected chi connectivity index (χ1v) is 7.07. The molecule has 0 saturated heterocycles. The highest BCUT2D eigenvalue weighted by Crippen LogP contribution is 2.30. The molecule has 1 aromatic carbocycles. The van der Waals surface area contributed by atoms with E-state index in [2.05, 4.69) is 4.74 Å². The van der Waals surface area contributed by atoms with Gasteiger partial charge >= 0.3 is 17.9 Å². The smallest absolute Gasteiger partial charge is 0.338 e. The summed E-state index contributed by atoms with van der Waals surface area (Å²) in [6, 6.07) is 3.30. The van der Waals surface area contributed by atoms with E-state index in [9.17, 15) is 24.5 Å². The number of rotatable bonds is 7. The number of hydrogen-bond acceptors (Lipinski definition) is 8. The lowest BCUT2D eigenvalue weighted by molar-refractivity contribution is -0.385. The quantitative estimate of drug-likeness (QED) is 0.241. The number of nitro groups is 1. The number of hydrogen-bond donors (Lipinski definition) is 0. The SMILES string of the molecule is CCOC(=O)C(C(=O)OCC)c1ccc(C(=O)OC)cc1[N+](=O)[O-]. The van der Waals surface area contributed by atoms with Crippen molar-refractivity contribution in [3.63, 3.8) is 0 Å². The Balaban J connectivity index is 3.45. The van der Waals surface area contributed by atoms with Gasteiger partial charge in [0.25, 0.3) is 5.69 Å². The monoisotopic (exact) mass is 339 g/mol. The van der Waals surface area contributed by atoms with Crippen molar-refractivity contribution in [2.45, 2.75) is 19.8 Å². The molecule has 24 heavy (non-hydrogen) atoms. The predicted molar refractivity (Wildman–Crippen MR) is 80.4 cm³/mol. The van der Waals surface area contributed by atoms with Crippen molar-refractivity contribution >= 4 is 23.6 Å². The van der Waals surface area contributed by atoms with E-state index in [0.29, 0.717) is 0 Å². The van der Waals surface area contributed by atoms with Crippen LogP contribution in [0.15, 0.2) is 18.2 Å². The largest absolute Gasteiger partial charge is 0.465 e. The average molecular weight is 339 g/mol. The maximum absolute atomic E-state index is 12.1. The standard InChI is InChI=1S/C15H17NO8/c1-4-23-14(18)12(15(19)24-5-2)10-7-6-9(13(17)22-3)8-11(10)16(20)21/h6-8,12H,4-5H2,1-3H3. The van der Waals surface area contributed by atoms with E-state index in [1.165, 1.54) is 19.9 Å². The van der Waals surface area contributed by atoms with E-state index in [4.69, 9.17) is 9.47 Å². The Hall–Kier alpha value is -2.97. The first-order valence-electron chi connectivity index (χ1n) is 7.07. The summed E-state index contributed by atoms with van der Waals surface area (Å²) >= 11 is 0. The van der Waals surface area contributed by atoms with Gasteiger partial charge in [-0.05, 0) is 26.0 Å². The molecule has 0 aliphatic heterocycles. The van der Waals surface area contributed by atoms with Crippen molar-refractivity contribution in [1.82, 2.24) is 0 Å². The molecule has 0 aliphatic rings. The molecule has 0 N–H and O–H groups in total.